The first kappa shape index (κ1) is 12.5. The molecule has 4 rings (SSSR count). The highest BCUT2D eigenvalue weighted by Crippen LogP contribution is 2.56. The number of unbranched alkanes of at least 4 members (excludes halogenated alkanes) is 1. The Morgan fingerprint density at radius 2 is 1.61 bits per heavy atom. The first-order valence-corrected chi connectivity index (χ1v) is 7.75. The maximum atomic E-state index is 12.4. The standard InChI is InChI=1S/C15H26N2O/c16-3-1-2-4-17-15(18)14-12-6-10-5-11(8-12)9-13(14)7-10/h10-14H,1-9,16H2,(H,17,18). The Balaban J connectivity index is 1.54. The Bertz CT molecular complexity index is 288. The molecule has 3 nitrogen and oxygen atoms in total. The Morgan fingerprint density at radius 3 is 2.17 bits per heavy atom. The van der Waals surface area contributed by atoms with Crippen LogP contribution in [0.2, 0.25) is 0 Å². The summed E-state index contributed by atoms with van der Waals surface area (Å²) in [7, 11) is 0. The second kappa shape index (κ2) is 5.20. The van der Waals surface area contributed by atoms with E-state index in [1.807, 2.05) is 0 Å². The van der Waals surface area contributed by atoms with E-state index in [9.17, 15) is 4.79 Å². The summed E-state index contributed by atoms with van der Waals surface area (Å²) in [5, 5.41) is 3.15. The van der Waals surface area contributed by atoms with E-state index in [0.717, 1.165) is 37.8 Å². The fourth-order valence-corrected chi connectivity index (χ4v) is 4.95. The van der Waals surface area contributed by atoms with Crippen LogP contribution in [0.5, 0.6) is 0 Å². The number of nitrogens with one attached hydrogen (secondary N) is 1. The maximum Gasteiger partial charge on any atom is 0.223 e. The zero-order valence-corrected chi connectivity index (χ0v) is 11.2. The molecule has 0 spiro atoms. The minimum Gasteiger partial charge on any atom is -0.356 e. The molecule has 4 aliphatic rings. The van der Waals surface area contributed by atoms with Crippen molar-refractivity contribution >= 4 is 5.91 Å². The zero-order chi connectivity index (χ0) is 12.5. The first-order valence-electron chi connectivity index (χ1n) is 7.75. The number of carbonyl (C=O) groups excluding carboxylic acids is 1. The molecule has 0 heterocycles. The van der Waals surface area contributed by atoms with E-state index in [1.54, 1.807) is 0 Å². The Labute approximate surface area is 110 Å². The second-order valence-electron chi connectivity index (χ2n) is 6.74. The van der Waals surface area contributed by atoms with Gasteiger partial charge in [0.25, 0.3) is 0 Å². The van der Waals surface area contributed by atoms with Gasteiger partial charge in [0.2, 0.25) is 5.91 Å². The normalized spacial score (nSPS) is 41.1. The van der Waals surface area contributed by atoms with Gasteiger partial charge in [0.1, 0.15) is 0 Å². The summed E-state index contributed by atoms with van der Waals surface area (Å²) >= 11 is 0. The topological polar surface area (TPSA) is 55.1 Å². The van der Waals surface area contributed by atoms with Gasteiger partial charge >= 0.3 is 0 Å². The number of hydrogen-bond donors (Lipinski definition) is 2. The van der Waals surface area contributed by atoms with E-state index in [1.165, 1.54) is 32.1 Å². The van der Waals surface area contributed by atoms with E-state index in [4.69, 9.17) is 5.73 Å². The van der Waals surface area contributed by atoms with Crippen LogP contribution >= 0.6 is 0 Å². The fourth-order valence-electron chi connectivity index (χ4n) is 4.95. The Kier molecular flexibility index (Phi) is 3.60. The van der Waals surface area contributed by atoms with Crippen LogP contribution in [-0.4, -0.2) is 19.0 Å². The molecule has 18 heavy (non-hydrogen) atoms. The molecule has 0 radical (unpaired) electrons. The van der Waals surface area contributed by atoms with Crippen molar-refractivity contribution in [3.8, 4) is 0 Å². The summed E-state index contributed by atoms with van der Waals surface area (Å²) < 4.78 is 0. The van der Waals surface area contributed by atoms with Gasteiger partial charge < -0.3 is 11.1 Å². The third kappa shape index (κ3) is 2.29. The summed E-state index contributed by atoms with van der Waals surface area (Å²) in [5.74, 6) is 4.01. The fraction of sp³-hybridized carbons (Fsp3) is 0.933. The first-order chi connectivity index (χ1) is 8.78. The van der Waals surface area contributed by atoms with Gasteiger partial charge in [0.15, 0.2) is 0 Å². The predicted octanol–water partition coefficient (Wildman–Crippen LogP) is 1.91. The summed E-state index contributed by atoms with van der Waals surface area (Å²) in [6.07, 6.45) is 8.80. The summed E-state index contributed by atoms with van der Waals surface area (Å²) in [5.41, 5.74) is 5.47. The van der Waals surface area contributed by atoms with Gasteiger partial charge in [-0.25, -0.2) is 0 Å². The molecule has 0 atom stereocenters. The molecular weight excluding hydrogens is 224 g/mol. The molecule has 0 unspecified atom stereocenters. The molecule has 0 saturated heterocycles. The number of hydrogen-bond acceptors (Lipinski definition) is 2. The van der Waals surface area contributed by atoms with E-state index in [-0.39, 0.29) is 0 Å². The van der Waals surface area contributed by atoms with Crippen molar-refractivity contribution in [2.45, 2.75) is 44.9 Å². The van der Waals surface area contributed by atoms with Gasteiger partial charge in [-0.3, -0.25) is 4.79 Å². The summed E-state index contributed by atoms with van der Waals surface area (Å²) in [6, 6.07) is 0. The van der Waals surface area contributed by atoms with Crippen LogP contribution in [0.25, 0.3) is 0 Å². The molecule has 3 N–H and O–H groups in total. The Morgan fingerprint density at radius 1 is 1.00 bits per heavy atom. The number of rotatable bonds is 5. The molecule has 0 aromatic heterocycles. The van der Waals surface area contributed by atoms with Crippen LogP contribution in [-0.2, 0) is 4.79 Å². The smallest absolute Gasteiger partial charge is 0.223 e. The third-order valence-electron chi connectivity index (χ3n) is 5.46. The van der Waals surface area contributed by atoms with Crippen LogP contribution in [0, 0.1) is 29.6 Å². The molecule has 1 amide bonds. The average Bonchev–Trinajstić information content (AvgIpc) is 2.33. The van der Waals surface area contributed by atoms with Crippen LogP contribution in [0.4, 0.5) is 0 Å². The molecule has 4 aliphatic carbocycles. The molecular formula is C15H26N2O. The lowest BCUT2D eigenvalue weighted by atomic mass is 9.51. The highest BCUT2D eigenvalue weighted by atomic mass is 16.1. The van der Waals surface area contributed by atoms with Gasteiger partial charge in [-0.1, -0.05) is 0 Å². The van der Waals surface area contributed by atoms with Gasteiger partial charge in [-0.2, -0.15) is 0 Å². The van der Waals surface area contributed by atoms with Gasteiger partial charge in [-0.05, 0) is 75.2 Å². The predicted molar refractivity (Wildman–Crippen MR) is 71.8 cm³/mol. The lowest BCUT2D eigenvalue weighted by Gasteiger charge is -2.53. The number of nitrogens with two attached hydrogens (primary N) is 1. The van der Waals surface area contributed by atoms with Crippen molar-refractivity contribution in [3.05, 3.63) is 0 Å². The average molecular weight is 250 g/mol. The largest absolute Gasteiger partial charge is 0.356 e. The SMILES string of the molecule is NCCCCNC(=O)C1C2CC3CC(C2)CC1C3. The number of carbonyl (C=O) groups is 1. The number of amides is 1. The lowest BCUT2D eigenvalue weighted by molar-refractivity contribution is -0.138. The monoisotopic (exact) mass is 250 g/mol. The van der Waals surface area contributed by atoms with E-state index >= 15 is 0 Å². The van der Waals surface area contributed by atoms with E-state index in [0.29, 0.717) is 23.7 Å². The molecule has 102 valence electrons. The molecule has 4 fully saturated rings. The van der Waals surface area contributed by atoms with Crippen LogP contribution < -0.4 is 11.1 Å². The van der Waals surface area contributed by atoms with E-state index in [2.05, 4.69) is 5.32 Å². The summed E-state index contributed by atoms with van der Waals surface area (Å²) in [6.45, 7) is 1.55. The molecule has 0 aliphatic heterocycles. The lowest BCUT2D eigenvalue weighted by Crippen LogP contribution is -2.51. The molecule has 0 aromatic rings. The van der Waals surface area contributed by atoms with Crippen molar-refractivity contribution < 1.29 is 4.79 Å². The van der Waals surface area contributed by atoms with Crippen LogP contribution in [0.3, 0.4) is 0 Å². The highest BCUT2D eigenvalue weighted by molar-refractivity contribution is 5.79. The molecule has 0 aromatic carbocycles. The van der Waals surface area contributed by atoms with Crippen molar-refractivity contribution in [2.24, 2.45) is 35.3 Å². The third-order valence-corrected chi connectivity index (χ3v) is 5.46. The van der Waals surface area contributed by atoms with Crippen LogP contribution in [0.1, 0.15) is 44.9 Å². The van der Waals surface area contributed by atoms with Gasteiger partial charge in [-0.15, -0.1) is 0 Å². The van der Waals surface area contributed by atoms with Gasteiger partial charge in [0, 0.05) is 12.5 Å². The quantitative estimate of drug-likeness (QED) is 0.732. The van der Waals surface area contributed by atoms with Gasteiger partial charge in [0.05, 0.1) is 0 Å². The van der Waals surface area contributed by atoms with Crippen molar-refractivity contribution in [1.29, 1.82) is 0 Å². The van der Waals surface area contributed by atoms with Crippen LogP contribution in [0.15, 0.2) is 0 Å². The highest BCUT2D eigenvalue weighted by Gasteiger charge is 2.50. The van der Waals surface area contributed by atoms with Crippen molar-refractivity contribution in [1.82, 2.24) is 5.32 Å². The minimum atomic E-state index is 0.343. The maximum absolute atomic E-state index is 12.4. The molecule has 3 heteroatoms. The van der Waals surface area contributed by atoms with E-state index < -0.39 is 0 Å². The molecule has 4 saturated carbocycles. The van der Waals surface area contributed by atoms with Crippen molar-refractivity contribution in [3.63, 3.8) is 0 Å². The summed E-state index contributed by atoms with van der Waals surface area (Å²) in [4.78, 5) is 12.4. The molecule has 4 bridgehead atoms. The second-order valence-corrected chi connectivity index (χ2v) is 6.74. The minimum absolute atomic E-state index is 0.343. The zero-order valence-electron chi connectivity index (χ0n) is 11.2. The Hall–Kier alpha value is -0.570. The van der Waals surface area contributed by atoms with Crippen molar-refractivity contribution in [2.75, 3.05) is 13.1 Å².